The van der Waals surface area contributed by atoms with Gasteiger partial charge in [0.15, 0.2) is 11.5 Å². The maximum atomic E-state index is 13.9. The molecule has 3 aromatic carbocycles. The van der Waals surface area contributed by atoms with Crippen molar-refractivity contribution in [2.75, 3.05) is 27.4 Å². The van der Waals surface area contributed by atoms with Crippen LogP contribution in [0.4, 0.5) is 0 Å². The van der Waals surface area contributed by atoms with Crippen molar-refractivity contribution < 1.29 is 23.8 Å². The smallest absolute Gasteiger partial charge is 0.247 e. The van der Waals surface area contributed by atoms with E-state index < -0.39 is 6.04 Å². The molecule has 7 heteroatoms. The molecule has 4 rings (SSSR count). The zero-order chi connectivity index (χ0) is 26.0. The quantitative estimate of drug-likeness (QED) is 0.423. The summed E-state index contributed by atoms with van der Waals surface area (Å²) < 4.78 is 16.5. The Morgan fingerprint density at radius 2 is 1.65 bits per heavy atom. The highest BCUT2D eigenvalue weighted by atomic mass is 16.5. The van der Waals surface area contributed by atoms with Crippen molar-refractivity contribution in [1.29, 1.82) is 0 Å². The van der Waals surface area contributed by atoms with E-state index in [9.17, 15) is 9.59 Å². The molecule has 1 fully saturated rings. The van der Waals surface area contributed by atoms with Gasteiger partial charge in [-0.05, 0) is 41.7 Å². The Kier molecular flexibility index (Phi) is 9.16. The second-order valence-corrected chi connectivity index (χ2v) is 9.07. The Labute approximate surface area is 218 Å². The van der Waals surface area contributed by atoms with Crippen molar-refractivity contribution in [3.63, 3.8) is 0 Å². The van der Waals surface area contributed by atoms with E-state index in [1.807, 2.05) is 66.7 Å². The van der Waals surface area contributed by atoms with Crippen LogP contribution in [0.25, 0.3) is 0 Å². The Balaban J connectivity index is 1.65. The van der Waals surface area contributed by atoms with Gasteiger partial charge in [-0.3, -0.25) is 9.59 Å². The molecule has 1 aliphatic rings. The van der Waals surface area contributed by atoms with Crippen molar-refractivity contribution in [3.05, 3.63) is 95.6 Å². The fourth-order valence-corrected chi connectivity index (χ4v) is 4.59. The summed E-state index contributed by atoms with van der Waals surface area (Å²) in [5.41, 5.74) is 2.47. The van der Waals surface area contributed by atoms with E-state index in [-0.39, 0.29) is 24.3 Å². The minimum atomic E-state index is -0.796. The first-order valence-electron chi connectivity index (χ1n) is 12.6. The lowest BCUT2D eigenvalue weighted by Crippen LogP contribution is -2.45. The number of methoxy groups -OCH3 is 2. The highest BCUT2D eigenvalue weighted by molar-refractivity contribution is 5.89. The molecular formula is C30H34N2O5. The van der Waals surface area contributed by atoms with Gasteiger partial charge >= 0.3 is 0 Å². The largest absolute Gasteiger partial charge is 0.493 e. The van der Waals surface area contributed by atoms with Crippen LogP contribution in [0.15, 0.2) is 78.9 Å². The highest BCUT2D eigenvalue weighted by Crippen LogP contribution is 2.29. The topological polar surface area (TPSA) is 77.1 Å². The van der Waals surface area contributed by atoms with E-state index in [4.69, 9.17) is 14.2 Å². The predicted molar refractivity (Wildman–Crippen MR) is 141 cm³/mol. The Bertz CT molecular complexity index is 1160. The Morgan fingerprint density at radius 1 is 0.946 bits per heavy atom. The van der Waals surface area contributed by atoms with Crippen LogP contribution in [-0.4, -0.2) is 50.2 Å². The summed E-state index contributed by atoms with van der Waals surface area (Å²) in [5.74, 6) is 0.752. The number of amides is 2. The van der Waals surface area contributed by atoms with Crippen LogP contribution in [0.3, 0.4) is 0 Å². The summed E-state index contributed by atoms with van der Waals surface area (Å²) in [7, 11) is 3.14. The normalized spacial score (nSPS) is 15.6. The average molecular weight is 503 g/mol. The fraction of sp³-hybridized carbons (Fsp3) is 0.333. The van der Waals surface area contributed by atoms with Crippen molar-refractivity contribution in [1.82, 2.24) is 10.2 Å². The van der Waals surface area contributed by atoms with Crippen LogP contribution in [0.5, 0.6) is 11.5 Å². The van der Waals surface area contributed by atoms with Gasteiger partial charge in [0.2, 0.25) is 11.8 Å². The molecule has 1 saturated heterocycles. The standard InChI is InChI=1S/C30H34N2O5/c1-35-26-16-15-23(18-27(26)36-2)19-28(33)32(21-22-10-5-3-6-11-22)29(24-12-7-4-8-13-24)30(34)31-20-25-14-9-17-37-25/h3-8,10-13,15-16,18,25,29H,9,14,17,19-21H2,1-2H3,(H,31,34). The van der Waals surface area contributed by atoms with E-state index in [0.29, 0.717) is 31.2 Å². The molecule has 7 nitrogen and oxygen atoms in total. The fourth-order valence-electron chi connectivity index (χ4n) is 4.59. The maximum Gasteiger partial charge on any atom is 0.247 e. The third-order valence-electron chi connectivity index (χ3n) is 6.52. The van der Waals surface area contributed by atoms with Crippen molar-refractivity contribution in [2.24, 2.45) is 0 Å². The molecule has 2 atom stereocenters. The first-order chi connectivity index (χ1) is 18.1. The van der Waals surface area contributed by atoms with Gasteiger partial charge in [-0.15, -0.1) is 0 Å². The molecule has 0 aromatic heterocycles. The van der Waals surface area contributed by atoms with Gasteiger partial charge in [0.1, 0.15) is 6.04 Å². The van der Waals surface area contributed by atoms with Gasteiger partial charge < -0.3 is 24.4 Å². The molecule has 0 saturated carbocycles. The lowest BCUT2D eigenvalue weighted by molar-refractivity contribution is -0.141. The molecule has 3 aromatic rings. The molecule has 0 spiro atoms. The van der Waals surface area contributed by atoms with Gasteiger partial charge in [0, 0.05) is 19.7 Å². The number of carbonyl (C=O) groups is 2. The number of rotatable bonds is 11. The second-order valence-electron chi connectivity index (χ2n) is 9.07. The number of nitrogens with zero attached hydrogens (tertiary/aromatic N) is 1. The number of nitrogens with one attached hydrogen (secondary N) is 1. The van der Waals surface area contributed by atoms with E-state index in [1.165, 1.54) is 0 Å². The number of hydrogen-bond acceptors (Lipinski definition) is 5. The zero-order valence-corrected chi connectivity index (χ0v) is 21.4. The molecule has 37 heavy (non-hydrogen) atoms. The van der Waals surface area contributed by atoms with Crippen LogP contribution < -0.4 is 14.8 Å². The average Bonchev–Trinajstić information content (AvgIpc) is 3.46. The lowest BCUT2D eigenvalue weighted by Gasteiger charge is -2.32. The first-order valence-corrected chi connectivity index (χ1v) is 12.6. The summed E-state index contributed by atoms with van der Waals surface area (Å²) in [6, 6.07) is 23.8. The minimum Gasteiger partial charge on any atom is -0.493 e. The van der Waals surface area contributed by atoms with Gasteiger partial charge in [-0.2, -0.15) is 0 Å². The van der Waals surface area contributed by atoms with Gasteiger partial charge in [0.25, 0.3) is 0 Å². The zero-order valence-electron chi connectivity index (χ0n) is 21.4. The van der Waals surface area contributed by atoms with Gasteiger partial charge in [-0.25, -0.2) is 0 Å². The molecule has 2 unspecified atom stereocenters. The van der Waals surface area contributed by atoms with Gasteiger partial charge in [0.05, 0.1) is 26.7 Å². The van der Waals surface area contributed by atoms with Crippen molar-refractivity contribution >= 4 is 11.8 Å². The summed E-state index contributed by atoms with van der Waals surface area (Å²) in [6.45, 7) is 1.43. The van der Waals surface area contributed by atoms with Crippen molar-refractivity contribution in [2.45, 2.75) is 38.0 Å². The molecule has 1 heterocycles. The molecule has 194 valence electrons. The second kappa shape index (κ2) is 12.9. The SMILES string of the molecule is COc1ccc(CC(=O)N(Cc2ccccc2)C(C(=O)NCC2CCCO2)c2ccccc2)cc1OC. The minimum absolute atomic E-state index is 0.00501. The third-order valence-corrected chi connectivity index (χ3v) is 6.52. The Hall–Kier alpha value is -3.84. The van der Waals surface area contributed by atoms with Crippen LogP contribution in [0.2, 0.25) is 0 Å². The Morgan fingerprint density at radius 3 is 2.30 bits per heavy atom. The van der Waals surface area contributed by atoms with E-state index in [1.54, 1.807) is 31.3 Å². The number of ether oxygens (including phenoxy) is 3. The highest BCUT2D eigenvalue weighted by Gasteiger charge is 2.32. The summed E-state index contributed by atoms with van der Waals surface area (Å²) in [4.78, 5) is 29.2. The third kappa shape index (κ3) is 6.89. The van der Waals surface area contributed by atoms with Crippen LogP contribution >= 0.6 is 0 Å². The number of hydrogen-bond donors (Lipinski definition) is 1. The monoisotopic (exact) mass is 502 g/mol. The molecule has 1 aliphatic heterocycles. The number of carbonyl (C=O) groups excluding carboxylic acids is 2. The summed E-state index contributed by atoms with van der Waals surface area (Å²) in [6.07, 6.45) is 2.02. The summed E-state index contributed by atoms with van der Waals surface area (Å²) >= 11 is 0. The predicted octanol–water partition coefficient (Wildman–Crippen LogP) is 4.31. The van der Waals surface area contributed by atoms with Gasteiger partial charge in [-0.1, -0.05) is 66.7 Å². The van der Waals surface area contributed by atoms with E-state index in [2.05, 4.69) is 5.32 Å². The van der Waals surface area contributed by atoms with Crippen LogP contribution in [-0.2, 0) is 27.3 Å². The van der Waals surface area contributed by atoms with Crippen LogP contribution in [0.1, 0.15) is 35.6 Å². The summed E-state index contributed by atoms with van der Waals surface area (Å²) in [5, 5.41) is 3.05. The maximum absolute atomic E-state index is 13.9. The van der Waals surface area contributed by atoms with Crippen molar-refractivity contribution in [3.8, 4) is 11.5 Å². The number of benzene rings is 3. The molecule has 2 amide bonds. The van der Waals surface area contributed by atoms with Crippen LogP contribution in [0, 0.1) is 0 Å². The molecule has 0 aliphatic carbocycles. The molecule has 0 radical (unpaired) electrons. The lowest BCUT2D eigenvalue weighted by atomic mass is 10.0. The van der Waals surface area contributed by atoms with E-state index in [0.717, 1.165) is 29.5 Å². The van der Waals surface area contributed by atoms with E-state index >= 15 is 0 Å². The first kappa shape index (κ1) is 26.2. The molecule has 1 N–H and O–H groups in total. The molecular weight excluding hydrogens is 468 g/mol. The molecule has 0 bridgehead atoms.